The van der Waals surface area contributed by atoms with Crippen molar-refractivity contribution in [3.63, 3.8) is 0 Å². The van der Waals surface area contributed by atoms with E-state index >= 15 is 0 Å². The first-order chi connectivity index (χ1) is 15.3. The van der Waals surface area contributed by atoms with Gasteiger partial charge in [0.25, 0.3) is 0 Å². The van der Waals surface area contributed by atoms with Gasteiger partial charge in [0, 0.05) is 28.9 Å². The molecule has 1 aliphatic carbocycles. The molecule has 0 bridgehead atoms. The van der Waals surface area contributed by atoms with Crippen LogP contribution < -0.4 is 5.32 Å². The minimum absolute atomic E-state index is 0.125. The molecule has 3 rings (SSSR count). The van der Waals surface area contributed by atoms with Crippen molar-refractivity contribution in [2.45, 2.75) is 63.9 Å². The largest absolute Gasteiger partial charge is 0.352 e. The van der Waals surface area contributed by atoms with Crippen molar-refractivity contribution in [3.8, 4) is 0 Å². The number of rotatable bonds is 9. The summed E-state index contributed by atoms with van der Waals surface area (Å²) < 4.78 is 14.0. The van der Waals surface area contributed by atoms with Crippen LogP contribution in [0.5, 0.6) is 0 Å². The molecule has 0 aromatic heterocycles. The Morgan fingerprint density at radius 1 is 1.22 bits per heavy atom. The molecule has 7 heteroatoms. The molecule has 172 valence electrons. The molecule has 0 radical (unpaired) electrons. The number of benzene rings is 2. The van der Waals surface area contributed by atoms with Crippen molar-refractivity contribution in [2.75, 3.05) is 5.75 Å². The molecule has 32 heavy (non-hydrogen) atoms. The highest BCUT2D eigenvalue weighted by Crippen LogP contribution is 2.25. The fourth-order valence-electron chi connectivity index (χ4n) is 3.98. The molecule has 0 unspecified atom stereocenters. The molecule has 1 aliphatic rings. The summed E-state index contributed by atoms with van der Waals surface area (Å²) in [4.78, 5) is 27.7. The van der Waals surface area contributed by atoms with Crippen LogP contribution in [0.4, 0.5) is 4.39 Å². The Morgan fingerprint density at radius 2 is 1.94 bits per heavy atom. The predicted molar refractivity (Wildman–Crippen MR) is 129 cm³/mol. The van der Waals surface area contributed by atoms with Gasteiger partial charge in [0.05, 0.1) is 5.75 Å². The van der Waals surface area contributed by atoms with Crippen molar-refractivity contribution in [2.24, 2.45) is 0 Å². The Labute approximate surface area is 198 Å². The van der Waals surface area contributed by atoms with Crippen LogP contribution in [0.3, 0.4) is 0 Å². The first kappa shape index (κ1) is 24.6. The summed E-state index contributed by atoms with van der Waals surface area (Å²) in [5, 5.41) is 3.45. The van der Waals surface area contributed by atoms with Gasteiger partial charge in [0.1, 0.15) is 11.9 Å². The average molecular weight is 477 g/mol. The Bertz CT molecular complexity index is 929. The van der Waals surface area contributed by atoms with Crippen molar-refractivity contribution in [1.82, 2.24) is 10.2 Å². The minimum atomic E-state index is -0.596. The van der Waals surface area contributed by atoms with E-state index in [2.05, 4.69) is 5.32 Å². The number of hydrogen-bond acceptors (Lipinski definition) is 3. The second kappa shape index (κ2) is 11.7. The quantitative estimate of drug-likeness (QED) is 0.520. The zero-order valence-corrected chi connectivity index (χ0v) is 20.1. The molecule has 0 spiro atoms. The topological polar surface area (TPSA) is 49.4 Å². The van der Waals surface area contributed by atoms with Crippen molar-refractivity contribution in [1.29, 1.82) is 0 Å². The molecule has 1 atom stereocenters. The lowest BCUT2D eigenvalue weighted by Gasteiger charge is -2.30. The molecule has 4 nitrogen and oxygen atoms in total. The molecular weight excluding hydrogens is 447 g/mol. The molecule has 0 heterocycles. The van der Waals surface area contributed by atoms with E-state index < -0.39 is 6.04 Å². The number of hydrogen-bond donors (Lipinski definition) is 1. The number of thioether (sulfide) groups is 1. The van der Waals surface area contributed by atoms with E-state index in [-0.39, 0.29) is 35.2 Å². The van der Waals surface area contributed by atoms with Crippen LogP contribution in [-0.4, -0.2) is 34.6 Å². The predicted octanol–water partition coefficient (Wildman–Crippen LogP) is 5.50. The molecule has 0 saturated heterocycles. The van der Waals surface area contributed by atoms with Crippen LogP contribution in [0, 0.1) is 12.7 Å². The van der Waals surface area contributed by atoms with Crippen LogP contribution in [0.15, 0.2) is 42.5 Å². The van der Waals surface area contributed by atoms with E-state index in [0.717, 1.165) is 36.8 Å². The van der Waals surface area contributed by atoms with E-state index in [1.165, 1.54) is 17.8 Å². The normalized spacial score (nSPS) is 14.9. The molecule has 1 saturated carbocycles. The highest BCUT2D eigenvalue weighted by molar-refractivity contribution is 7.99. The monoisotopic (exact) mass is 476 g/mol. The number of nitrogens with one attached hydrogen (secondary N) is 1. The van der Waals surface area contributed by atoms with Gasteiger partial charge < -0.3 is 10.2 Å². The standard InChI is InChI=1S/C25H30ClFN2O2S/c1-17-7-5-8-19(13-17)14-29(18(2)25(31)28-20-9-3-4-10-20)24(30)16-32-15-21-22(26)11-6-12-23(21)27/h5-8,11-13,18,20H,3-4,9-10,14-16H2,1-2H3,(H,28,31)/t18-/m0/s1. The lowest BCUT2D eigenvalue weighted by Crippen LogP contribution is -2.50. The third kappa shape index (κ3) is 6.72. The van der Waals surface area contributed by atoms with Gasteiger partial charge in [-0.05, 0) is 44.4 Å². The van der Waals surface area contributed by atoms with E-state index in [1.54, 1.807) is 24.0 Å². The molecule has 1 fully saturated rings. The zero-order chi connectivity index (χ0) is 23.1. The Hall–Kier alpha value is -2.05. The lowest BCUT2D eigenvalue weighted by molar-refractivity contribution is -0.138. The summed E-state index contributed by atoms with van der Waals surface area (Å²) in [6, 6.07) is 12.1. The fourth-order valence-corrected chi connectivity index (χ4v) is 5.22. The number of halogens is 2. The van der Waals surface area contributed by atoms with Gasteiger partial charge in [-0.15, -0.1) is 11.8 Å². The summed E-state index contributed by atoms with van der Waals surface area (Å²) in [6.07, 6.45) is 4.23. The van der Waals surface area contributed by atoms with Gasteiger partial charge in [0.15, 0.2) is 0 Å². The minimum Gasteiger partial charge on any atom is -0.352 e. The fraction of sp³-hybridized carbons (Fsp3) is 0.440. The maximum atomic E-state index is 14.0. The Balaban J connectivity index is 1.68. The summed E-state index contributed by atoms with van der Waals surface area (Å²) in [6.45, 7) is 4.12. The van der Waals surface area contributed by atoms with E-state index in [4.69, 9.17) is 11.6 Å². The van der Waals surface area contributed by atoms with E-state index in [1.807, 2.05) is 31.2 Å². The van der Waals surface area contributed by atoms with Gasteiger partial charge in [-0.25, -0.2) is 4.39 Å². The third-order valence-corrected chi connectivity index (χ3v) is 7.14. The number of carbonyl (C=O) groups is 2. The Morgan fingerprint density at radius 3 is 2.62 bits per heavy atom. The Kier molecular flexibility index (Phi) is 9.00. The van der Waals surface area contributed by atoms with Crippen LogP contribution in [0.25, 0.3) is 0 Å². The SMILES string of the molecule is Cc1cccc(CN(C(=O)CSCc2c(F)cccc2Cl)[C@@H](C)C(=O)NC2CCCC2)c1. The van der Waals surface area contributed by atoms with Crippen LogP contribution in [-0.2, 0) is 21.9 Å². The smallest absolute Gasteiger partial charge is 0.242 e. The van der Waals surface area contributed by atoms with Gasteiger partial charge >= 0.3 is 0 Å². The average Bonchev–Trinajstić information content (AvgIpc) is 3.26. The molecular formula is C25H30ClFN2O2S. The summed E-state index contributed by atoms with van der Waals surface area (Å²) in [5.74, 6) is -0.230. The molecule has 2 aromatic carbocycles. The summed E-state index contributed by atoms with van der Waals surface area (Å²) in [5.41, 5.74) is 2.46. The van der Waals surface area contributed by atoms with E-state index in [9.17, 15) is 14.0 Å². The van der Waals surface area contributed by atoms with Gasteiger partial charge in [-0.3, -0.25) is 9.59 Å². The van der Waals surface area contributed by atoms with Crippen molar-refractivity contribution < 1.29 is 14.0 Å². The first-order valence-corrected chi connectivity index (χ1v) is 12.5. The van der Waals surface area contributed by atoms with Crippen molar-refractivity contribution in [3.05, 3.63) is 70.0 Å². The highest BCUT2D eigenvalue weighted by Gasteiger charge is 2.28. The maximum absolute atomic E-state index is 14.0. The molecule has 2 aromatic rings. The second-order valence-corrected chi connectivity index (χ2v) is 9.76. The first-order valence-electron chi connectivity index (χ1n) is 11.0. The maximum Gasteiger partial charge on any atom is 0.242 e. The number of amides is 2. The summed E-state index contributed by atoms with van der Waals surface area (Å²) >= 11 is 7.40. The van der Waals surface area contributed by atoms with Crippen LogP contribution in [0.2, 0.25) is 5.02 Å². The number of nitrogens with zero attached hydrogens (tertiary/aromatic N) is 1. The zero-order valence-electron chi connectivity index (χ0n) is 18.6. The summed E-state index contributed by atoms with van der Waals surface area (Å²) in [7, 11) is 0. The number of aryl methyl sites for hydroxylation is 1. The lowest BCUT2D eigenvalue weighted by atomic mass is 10.1. The highest BCUT2D eigenvalue weighted by atomic mass is 35.5. The van der Waals surface area contributed by atoms with Gasteiger partial charge in [-0.2, -0.15) is 0 Å². The molecule has 2 amide bonds. The van der Waals surface area contributed by atoms with Gasteiger partial charge in [0.2, 0.25) is 11.8 Å². The third-order valence-electron chi connectivity index (χ3n) is 5.84. The van der Waals surface area contributed by atoms with E-state index in [0.29, 0.717) is 17.1 Å². The number of carbonyl (C=O) groups excluding carboxylic acids is 2. The van der Waals surface area contributed by atoms with Gasteiger partial charge in [-0.1, -0.05) is 60.3 Å². The van der Waals surface area contributed by atoms with Crippen LogP contribution >= 0.6 is 23.4 Å². The molecule has 0 aliphatic heterocycles. The van der Waals surface area contributed by atoms with Crippen LogP contribution in [0.1, 0.15) is 49.3 Å². The second-order valence-electron chi connectivity index (χ2n) is 8.37. The molecule has 1 N–H and O–H groups in total. The van der Waals surface area contributed by atoms with Crippen molar-refractivity contribution >= 4 is 35.2 Å².